The molecule has 116 valence electrons. The van der Waals surface area contributed by atoms with Gasteiger partial charge in [0, 0.05) is 43.3 Å². The van der Waals surface area contributed by atoms with Crippen molar-refractivity contribution in [1.29, 1.82) is 0 Å². The van der Waals surface area contributed by atoms with Crippen molar-refractivity contribution in [3.05, 3.63) is 23.5 Å². The van der Waals surface area contributed by atoms with Crippen molar-refractivity contribution in [2.75, 3.05) is 33.3 Å². The first kappa shape index (κ1) is 15.0. The van der Waals surface area contributed by atoms with Crippen LogP contribution < -0.4 is 5.32 Å². The fraction of sp³-hybridized carbons (Fsp3) is 0.667. The van der Waals surface area contributed by atoms with Gasteiger partial charge in [0.25, 0.3) is 0 Å². The Bertz CT molecular complexity index is 536. The molecule has 2 unspecified atom stereocenters. The van der Waals surface area contributed by atoms with E-state index >= 15 is 0 Å². The fourth-order valence-electron chi connectivity index (χ4n) is 3.01. The summed E-state index contributed by atoms with van der Waals surface area (Å²) in [6, 6.07) is 0.314. The quantitative estimate of drug-likeness (QED) is 0.881. The van der Waals surface area contributed by atoms with E-state index < -0.39 is 0 Å². The number of aromatic nitrogens is 2. The van der Waals surface area contributed by atoms with E-state index in [0.29, 0.717) is 6.04 Å². The van der Waals surface area contributed by atoms with Crippen LogP contribution in [0.4, 0.5) is 0 Å². The summed E-state index contributed by atoms with van der Waals surface area (Å²) in [5, 5.41) is 5.49. The van der Waals surface area contributed by atoms with Crippen LogP contribution in [-0.2, 0) is 11.2 Å². The van der Waals surface area contributed by atoms with Crippen molar-refractivity contribution in [3.63, 3.8) is 0 Å². The molecule has 5 nitrogen and oxygen atoms in total. The number of rotatable bonds is 6. The van der Waals surface area contributed by atoms with Gasteiger partial charge in [0.2, 0.25) is 0 Å². The molecule has 0 amide bonds. The summed E-state index contributed by atoms with van der Waals surface area (Å²) in [5.74, 6) is 0. The van der Waals surface area contributed by atoms with Crippen LogP contribution in [0.25, 0.3) is 4.96 Å². The number of morpholine rings is 1. The third-order valence-electron chi connectivity index (χ3n) is 4.11. The number of thiazole rings is 1. The smallest absolute Gasteiger partial charge is 0.193 e. The summed E-state index contributed by atoms with van der Waals surface area (Å²) < 4.78 is 8.09. The van der Waals surface area contributed by atoms with E-state index in [-0.39, 0.29) is 6.10 Å². The lowest BCUT2D eigenvalue weighted by Crippen LogP contribution is -2.52. The van der Waals surface area contributed by atoms with Crippen LogP contribution in [0, 0.1) is 0 Å². The molecule has 21 heavy (non-hydrogen) atoms. The first-order chi connectivity index (χ1) is 10.3. The second-order valence-corrected chi connectivity index (χ2v) is 6.51. The van der Waals surface area contributed by atoms with Gasteiger partial charge in [-0.2, -0.15) is 0 Å². The molecule has 2 atom stereocenters. The van der Waals surface area contributed by atoms with Crippen molar-refractivity contribution in [2.45, 2.75) is 31.9 Å². The Labute approximate surface area is 129 Å². The molecule has 1 aliphatic heterocycles. The van der Waals surface area contributed by atoms with Crippen LogP contribution in [0.1, 0.15) is 19.0 Å². The lowest BCUT2D eigenvalue weighted by atomic mass is 10.0. The SMILES string of the molecule is CCCN1CCOC(C(Cc2cn3ccsc3n2)NC)C1. The van der Waals surface area contributed by atoms with E-state index in [0.717, 1.165) is 43.3 Å². The molecular formula is C15H24N4OS. The van der Waals surface area contributed by atoms with Crippen LogP contribution in [0.5, 0.6) is 0 Å². The van der Waals surface area contributed by atoms with Gasteiger partial charge in [0.1, 0.15) is 0 Å². The molecule has 0 spiro atoms. The van der Waals surface area contributed by atoms with Crippen molar-refractivity contribution < 1.29 is 4.74 Å². The minimum atomic E-state index is 0.245. The summed E-state index contributed by atoms with van der Waals surface area (Å²) >= 11 is 1.68. The lowest BCUT2D eigenvalue weighted by molar-refractivity contribution is -0.0451. The number of imidazole rings is 1. The van der Waals surface area contributed by atoms with Crippen LogP contribution in [0.15, 0.2) is 17.8 Å². The molecule has 3 heterocycles. The van der Waals surface area contributed by atoms with Gasteiger partial charge in [-0.1, -0.05) is 6.92 Å². The predicted molar refractivity (Wildman–Crippen MR) is 86.1 cm³/mol. The first-order valence-electron chi connectivity index (χ1n) is 7.72. The van der Waals surface area contributed by atoms with E-state index in [2.05, 4.69) is 44.3 Å². The van der Waals surface area contributed by atoms with Gasteiger partial charge in [0.05, 0.1) is 18.4 Å². The van der Waals surface area contributed by atoms with Gasteiger partial charge < -0.3 is 10.1 Å². The van der Waals surface area contributed by atoms with E-state index in [1.807, 2.05) is 7.05 Å². The molecule has 6 heteroatoms. The van der Waals surface area contributed by atoms with Gasteiger partial charge >= 0.3 is 0 Å². The maximum Gasteiger partial charge on any atom is 0.193 e. The summed E-state index contributed by atoms with van der Waals surface area (Å²) in [6.45, 7) is 6.30. The van der Waals surface area contributed by atoms with Crippen molar-refractivity contribution in [2.24, 2.45) is 0 Å². The molecule has 0 aromatic carbocycles. The average Bonchev–Trinajstić information content (AvgIpc) is 3.06. The average molecular weight is 308 g/mol. The number of hydrogen-bond donors (Lipinski definition) is 1. The zero-order valence-electron chi connectivity index (χ0n) is 12.8. The van der Waals surface area contributed by atoms with Crippen LogP contribution in [0.3, 0.4) is 0 Å². The predicted octanol–water partition coefficient (Wildman–Crippen LogP) is 1.64. The Morgan fingerprint density at radius 1 is 1.57 bits per heavy atom. The minimum absolute atomic E-state index is 0.245. The lowest BCUT2D eigenvalue weighted by Gasteiger charge is -2.36. The molecule has 0 bridgehead atoms. The normalized spacial score (nSPS) is 21.9. The third kappa shape index (κ3) is 3.45. The molecular weight excluding hydrogens is 284 g/mol. The van der Waals surface area contributed by atoms with Crippen molar-refractivity contribution in [3.8, 4) is 0 Å². The second-order valence-electron chi connectivity index (χ2n) is 5.63. The topological polar surface area (TPSA) is 41.8 Å². The molecule has 1 N–H and O–H groups in total. The minimum Gasteiger partial charge on any atom is -0.374 e. The number of fused-ring (bicyclic) bond motifs is 1. The van der Waals surface area contributed by atoms with Gasteiger partial charge in [-0.05, 0) is 20.0 Å². The van der Waals surface area contributed by atoms with Crippen LogP contribution in [0.2, 0.25) is 0 Å². The highest BCUT2D eigenvalue weighted by atomic mass is 32.1. The summed E-state index contributed by atoms with van der Waals surface area (Å²) in [4.78, 5) is 8.25. The van der Waals surface area contributed by atoms with Crippen molar-refractivity contribution >= 4 is 16.3 Å². The number of nitrogens with zero attached hydrogens (tertiary/aromatic N) is 3. The molecule has 2 aromatic heterocycles. The highest BCUT2D eigenvalue weighted by Crippen LogP contribution is 2.16. The number of likely N-dealkylation sites (N-methyl/N-ethyl adjacent to an activating group) is 1. The zero-order chi connectivity index (χ0) is 14.7. The maximum absolute atomic E-state index is 6.00. The Hall–Kier alpha value is -0.950. The van der Waals surface area contributed by atoms with E-state index in [9.17, 15) is 0 Å². The van der Waals surface area contributed by atoms with Gasteiger partial charge in [0.15, 0.2) is 4.96 Å². The highest BCUT2D eigenvalue weighted by molar-refractivity contribution is 7.15. The Morgan fingerprint density at radius 2 is 2.48 bits per heavy atom. The van der Waals surface area contributed by atoms with Crippen LogP contribution in [-0.4, -0.2) is 59.7 Å². The summed E-state index contributed by atoms with van der Waals surface area (Å²) in [5.41, 5.74) is 1.14. The van der Waals surface area contributed by atoms with E-state index in [1.54, 1.807) is 11.3 Å². The Balaban J connectivity index is 1.65. The summed E-state index contributed by atoms with van der Waals surface area (Å²) in [6.07, 6.45) is 6.55. The molecule has 0 aliphatic carbocycles. The van der Waals surface area contributed by atoms with Gasteiger partial charge in [-0.15, -0.1) is 11.3 Å². The summed E-state index contributed by atoms with van der Waals surface area (Å²) in [7, 11) is 2.02. The molecule has 3 rings (SSSR count). The fourth-order valence-corrected chi connectivity index (χ4v) is 3.73. The van der Waals surface area contributed by atoms with E-state index in [4.69, 9.17) is 4.74 Å². The highest BCUT2D eigenvalue weighted by Gasteiger charge is 2.27. The Kier molecular flexibility index (Phi) is 4.90. The third-order valence-corrected chi connectivity index (χ3v) is 4.88. The van der Waals surface area contributed by atoms with Gasteiger partial charge in [-0.25, -0.2) is 4.98 Å². The second kappa shape index (κ2) is 6.87. The monoisotopic (exact) mass is 308 g/mol. The molecule has 1 fully saturated rings. The largest absolute Gasteiger partial charge is 0.374 e. The standard InChI is InChI=1S/C15H24N4OS/c1-3-4-18-5-7-20-14(11-18)13(16-2)9-12-10-19-6-8-21-15(19)17-12/h6,8,10,13-14,16H,3-5,7,9,11H2,1-2H3. The maximum atomic E-state index is 6.00. The molecule has 2 aromatic rings. The Morgan fingerprint density at radius 3 is 3.24 bits per heavy atom. The first-order valence-corrected chi connectivity index (χ1v) is 8.60. The number of hydrogen-bond acceptors (Lipinski definition) is 5. The van der Waals surface area contributed by atoms with Gasteiger partial charge in [-0.3, -0.25) is 9.30 Å². The van der Waals surface area contributed by atoms with Crippen LogP contribution >= 0.6 is 11.3 Å². The zero-order valence-corrected chi connectivity index (χ0v) is 13.6. The molecule has 0 saturated carbocycles. The van der Waals surface area contributed by atoms with Crippen molar-refractivity contribution in [1.82, 2.24) is 19.6 Å². The number of ether oxygens (including phenoxy) is 1. The molecule has 0 radical (unpaired) electrons. The molecule has 1 aliphatic rings. The van der Waals surface area contributed by atoms with E-state index in [1.165, 1.54) is 6.42 Å². The number of nitrogens with one attached hydrogen (secondary N) is 1. The molecule has 1 saturated heterocycles.